The van der Waals surface area contributed by atoms with Gasteiger partial charge in [-0.3, -0.25) is 4.90 Å². The molecule has 0 radical (unpaired) electrons. The van der Waals surface area contributed by atoms with Crippen LogP contribution < -0.4 is 0 Å². The fourth-order valence-corrected chi connectivity index (χ4v) is 3.75. The first kappa shape index (κ1) is 17.5. The highest BCUT2D eigenvalue weighted by Gasteiger charge is 2.22. The van der Waals surface area contributed by atoms with Gasteiger partial charge in [-0.15, -0.1) is 0 Å². The van der Waals surface area contributed by atoms with E-state index in [2.05, 4.69) is 27.8 Å². The molecular formula is C16H28N2O3S. The van der Waals surface area contributed by atoms with E-state index in [1.807, 2.05) is 6.92 Å². The van der Waals surface area contributed by atoms with Gasteiger partial charge in [0.2, 0.25) is 0 Å². The van der Waals surface area contributed by atoms with Gasteiger partial charge >= 0.3 is 0 Å². The van der Waals surface area contributed by atoms with E-state index in [0.29, 0.717) is 12.5 Å². The molecule has 0 aromatic carbocycles. The molecule has 6 heteroatoms. The monoisotopic (exact) mass is 328 g/mol. The van der Waals surface area contributed by atoms with Crippen molar-refractivity contribution in [2.24, 2.45) is 5.92 Å². The quantitative estimate of drug-likeness (QED) is 0.683. The van der Waals surface area contributed by atoms with Gasteiger partial charge in [-0.1, -0.05) is 6.92 Å². The lowest BCUT2D eigenvalue weighted by Gasteiger charge is -2.23. The summed E-state index contributed by atoms with van der Waals surface area (Å²) in [5.74, 6) is 0.984. The lowest BCUT2D eigenvalue weighted by molar-refractivity contribution is 0.120. The summed E-state index contributed by atoms with van der Waals surface area (Å²) in [6, 6.07) is 4.20. The number of fused-ring (bicyclic) bond motifs is 1. The van der Waals surface area contributed by atoms with Crippen molar-refractivity contribution < 1.29 is 13.2 Å². The minimum absolute atomic E-state index is 0.227. The molecule has 0 saturated carbocycles. The highest BCUT2D eigenvalue weighted by molar-refractivity contribution is 7.91. The molecule has 0 spiro atoms. The first-order valence-electron chi connectivity index (χ1n) is 8.18. The minimum Gasteiger partial charge on any atom is -0.382 e. The average Bonchev–Trinajstić information content (AvgIpc) is 2.85. The fourth-order valence-electron chi connectivity index (χ4n) is 2.93. The number of rotatable bonds is 8. The lowest BCUT2D eigenvalue weighted by atomic mass is 10.1. The second-order valence-electron chi connectivity index (χ2n) is 5.97. The van der Waals surface area contributed by atoms with Crippen LogP contribution in [-0.2, 0) is 27.7 Å². The van der Waals surface area contributed by atoms with Crippen molar-refractivity contribution in [1.29, 1.82) is 0 Å². The van der Waals surface area contributed by atoms with Crippen molar-refractivity contribution >= 4 is 9.84 Å². The van der Waals surface area contributed by atoms with Crippen LogP contribution in [0.1, 0.15) is 26.0 Å². The summed E-state index contributed by atoms with van der Waals surface area (Å²) in [7, 11) is -2.91. The second-order valence-corrected chi connectivity index (χ2v) is 8.45. The minimum atomic E-state index is -2.91. The van der Waals surface area contributed by atoms with Gasteiger partial charge in [-0.05, 0) is 31.4 Å². The molecule has 0 N–H and O–H groups in total. The molecule has 0 aliphatic carbocycles. The number of hydrogen-bond acceptors (Lipinski definition) is 4. The number of nitrogens with zero attached hydrogens (tertiary/aromatic N) is 2. The standard InChI is InChI=1S/C16H28N2O3S/c1-3-21-10-7-15-12-17(9-11-22(19,20)4-2)14-16-6-5-8-18(16)13-15/h5-6,8,15H,3-4,7,9-14H2,1-2H3. The SMILES string of the molecule is CCOCCC1CN(CCS(=O)(=O)CC)Cc2cccn2C1. The summed E-state index contributed by atoms with van der Waals surface area (Å²) in [6.45, 7) is 8.63. The average molecular weight is 328 g/mol. The molecule has 0 saturated heterocycles. The summed E-state index contributed by atoms with van der Waals surface area (Å²) in [6.07, 6.45) is 3.14. The normalized spacial score (nSPS) is 19.8. The zero-order chi connectivity index (χ0) is 16.0. The van der Waals surface area contributed by atoms with Gasteiger partial charge in [0.25, 0.3) is 0 Å². The Bertz CT molecular complexity index is 553. The third-order valence-corrected chi connectivity index (χ3v) is 6.00. The lowest BCUT2D eigenvalue weighted by Crippen LogP contribution is -2.33. The van der Waals surface area contributed by atoms with Crippen LogP contribution in [0.2, 0.25) is 0 Å². The molecule has 0 bridgehead atoms. The molecule has 0 amide bonds. The summed E-state index contributed by atoms with van der Waals surface area (Å²) in [4.78, 5) is 2.28. The van der Waals surface area contributed by atoms with Crippen molar-refractivity contribution in [2.75, 3.05) is 37.8 Å². The van der Waals surface area contributed by atoms with Crippen LogP contribution in [0.5, 0.6) is 0 Å². The molecule has 0 fully saturated rings. The third kappa shape index (κ3) is 5.11. The number of sulfone groups is 1. The Hall–Kier alpha value is -0.850. The van der Waals surface area contributed by atoms with E-state index >= 15 is 0 Å². The smallest absolute Gasteiger partial charge is 0.151 e. The van der Waals surface area contributed by atoms with E-state index in [1.54, 1.807) is 6.92 Å². The Labute approximate surface area is 134 Å². The topological polar surface area (TPSA) is 51.5 Å². The molecule has 2 heterocycles. The van der Waals surface area contributed by atoms with Gasteiger partial charge in [0.05, 0.1) is 5.75 Å². The summed E-state index contributed by atoms with van der Waals surface area (Å²) in [5, 5.41) is 0. The molecule has 1 aromatic heterocycles. The van der Waals surface area contributed by atoms with Crippen molar-refractivity contribution in [3.63, 3.8) is 0 Å². The van der Waals surface area contributed by atoms with Crippen LogP contribution in [0.15, 0.2) is 18.3 Å². The Balaban J connectivity index is 2.00. The predicted molar refractivity (Wildman–Crippen MR) is 88.6 cm³/mol. The summed E-state index contributed by atoms with van der Waals surface area (Å²) < 4.78 is 31.3. The highest BCUT2D eigenvalue weighted by atomic mass is 32.2. The molecule has 1 aromatic rings. The molecule has 5 nitrogen and oxygen atoms in total. The zero-order valence-corrected chi connectivity index (χ0v) is 14.5. The molecule has 126 valence electrons. The van der Waals surface area contributed by atoms with Crippen molar-refractivity contribution in [3.8, 4) is 0 Å². The number of ether oxygens (including phenoxy) is 1. The van der Waals surface area contributed by atoms with Crippen LogP contribution in [0.25, 0.3) is 0 Å². The molecule has 1 unspecified atom stereocenters. The van der Waals surface area contributed by atoms with Gasteiger partial charge in [0, 0.05) is 57.0 Å². The van der Waals surface area contributed by atoms with Crippen LogP contribution in [-0.4, -0.2) is 55.7 Å². The van der Waals surface area contributed by atoms with Crippen LogP contribution in [0.3, 0.4) is 0 Å². The van der Waals surface area contributed by atoms with E-state index in [4.69, 9.17) is 4.74 Å². The van der Waals surface area contributed by atoms with Gasteiger partial charge in [0.1, 0.15) is 0 Å². The van der Waals surface area contributed by atoms with E-state index in [0.717, 1.165) is 39.3 Å². The summed E-state index contributed by atoms with van der Waals surface area (Å²) >= 11 is 0. The zero-order valence-electron chi connectivity index (χ0n) is 13.7. The maximum absolute atomic E-state index is 11.8. The molecule has 1 aliphatic heterocycles. The summed E-state index contributed by atoms with van der Waals surface area (Å²) in [5.41, 5.74) is 1.27. The van der Waals surface area contributed by atoms with Gasteiger partial charge in [-0.25, -0.2) is 8.42 Å². The molecule has 1 aliphatic rings. The molecule has 1 atom stereocenters. The van der Waals surface area contributed by atoms with E-state index < -0.39 is 9.84 Å². The third-order valence-electron chi connectivity index (χ3n) is 4.31. The largest absolute Gasteiger partial charge is 0.382 e. The molecular weight excluding hydrogens is 300 g/mol. The van der Waals surface area contributed by atoms with Crippen LogP contribution in [0, 0.1) is 5.92 Å². The number of hydrogen-bond donors (Lipinski definition) is 0. The maximum atomic E-state index is 11.8. The Morgan fingerprint density at radius 1 is 1.32 bits per heavy atom. The van der Waals surface area contributed by atoms with Crippen molar-refractivity contribution in [3.05, 3.63) is 24.0 Å². The van der Waals surface area contributed by atoms with Gasteiger partial charge < -0.3 is 9.30 Å². The van der Waals surface area contributed by atoms with Crippen molar-refractivity contribution in [2.45, 2.75) is 33.4 Å². The molecule has 22 heavy (non-hydrogen) atoms. The fraction of sp³-hybridized carbons (Fsp3) is 0.750. The first-order chi connectivity index (χ1) is 10.5. The van der Waals surface area contributed by atoms with Crippen LogP contribution >= 0.6 is 0 Å². The van der Waals surface area contributed by atoms with Crippen LogP contribution in [0.4, 0.5) is 0 Å². The highest BCUT2D eigenvalue weighted by Crippen LogP contribution is 2.19. The Morgan fingerprint density at radius 3 is 2.86 bits per heavy atom. The van der Waals surface area contributed by atoms with E-state index in [9.17, 15) is 8.42 Å². The first-order valence-corrected chi connectivity index (χ1v) is 10.0. The predicted octanol–water partition coefficient (Wildman–Crippen LogP) is 1.78. The second kappa shape index (κ2) is 8.13. The van der Waals surface area contributed by atoms with Crippen molar-refractivity contribution in [1.82, 2.24) is 9.47 Å². The van der Waals surface area contributed by atoms with E-state index in [-0.39, 0.29) is 11.5 Å². The molecule has 2 rings (SSSR count). The number of aromatic nitrogens is 1. The Morgan fingerprint density at radius 2 is 2.14 bits per heavy atom. The van der Waals surface area contributed by atoms with Gasteiger partial charge in [-0.2, -0.15) is 0 Å². The maximum Gasteiger partial charge on any atom is 0.151 e. The Kier molecular flexibility index (Phi) is 6.47. The van der Waals surface area contributed by atoms with E-state index in [1.165, 1.54) is 5.69 Å². The van der Waals surface area contributed by atoms with Gasteiger partial charge in [0.15, 0.2) is 9.84 Å².